The Morgan fingerprint density at radius 3 is 2.17 bits per heavy atom. The Morgan fingerprint density at radius 1 is 1.17 bits per heavy atom. The average molecular weight is 377 g/mol. The largest absolute Gasteiger partial charge is 0.379 e. The number of nitrogens with zero attached hydrogens (tertiary/aromatic N) is 2. The van der Waals surface area contributed by atoms with Crippen LogP contribution >= 0.6 is 0 Å². The second kappa shape index (κ2) is 7.05. The van der Waals surface area contributed by atoms with E-state index in [1.165, 1.54) is 28.6 Å². The molecule has 0 aromatic heterocycles. The minimum absolute atomic E-state index is 0.0423. The summed E-state index contributed by atoms with van der Waals surface area (Å²) in [6.45, 7) is 0.673. The van der Waals surface area contributed by atoms with Crippen molar-refractivity contribution in [3.8, 4) is 0 Å². The van der Waals surface area contributed by atoms with Crippen LogP contribution < -0.4 is 10.0 Å². The van der Waals surface area contributed by atoms with Crippen molar-refractivity contribution in [2.45, 2.75) is 4.90 Å². The summed E-state index contributed by atoms with van der Waals surface area (Å²) in [4.78, 5) is 11.1. The van der Waals surface area contributed by atoms with Gasteiger partial charge < -0.3 is 10.5 Å². The highest BCUT2D eigenvalue weighted by Gasteiger charge is 2.27. The van der Waals surface area contributed by atoms with Gasteiger partial charge in [-0.15, -0.1) is 0 Å². The average Bonchev–Trinajstić information content (AvgIpc) is 2.52. The number of carbonyl (C=O) groups excluding carboxylic acids is 1. The maximum absolute atomic E-state index is 12.5. The third-order valence-electron chi connectivity index (χ3n) is 3.43. The molecular formula is C13H19N3O6S2. The third kappa shape index (κ3) is 4.23. The molecule has 0 radical (unpaired) electrons. The number of nitrogens with two attached hydrogens (primary N) is 1. The van der Waals surface area contributed by atoms with Gasteiger partial charge in [0.25, 0.3) is 0 Å². The smallest absolute Gasteiger partial charge is 0.243 e. The molecule has 0 spiro atoms. The normalized spacial score (nSPS) is 16.7. The minimum atomic E-state index is -3.73. The van der Waals surface area contributed by atoms with Crippen LogP contribution in [0.1, 0.15) is 0 Å². The fraction of sp³-hybridized carbons (Fsp3) is 0.462. The van der Waals surface area contributed by atoms with Crippen LogP contribution in [-0.4, -0.2) is 66.2 Å². The highest BCUT2D eigenvalue weighted by Crippen LogP contribution is 2.22. The van der Waals surface area contributed by atoms with Crippen molar-refractivity contribution in [3.63, 3.8) is 0 Å². The van der Waals surface area contributed by atoms with E-state index >= 15 is 0 Å². The summed E-state index contributed by atoms with van der Waals surface area (Å²) in [5.74, 6) is -0.814. The van der Waals surface area contributed by atoms with Gasteiger partial charge in [0.1, 0.15) is 6.54 Å². The van der Waals surface area contributed by atoms with E-state index in [0.29, 0.717) is 13.2 Å². The number of carbonyl (C=O) groups is 1. The molecule has 9 nitrogen and oxygen atoms in total. The van der Waals surface area contributed by atoms with Crippen LogP contribution in [0, 0.1) is 0 Å². The van der Waals surface area contributed by atoms with Crippen molar-refractivity contribution in [2.24, 2.45) is 5.73 Å². The van der Waals surface area contributed by atoms with Gasteiger partial charge in [0.2, 0.25) is 26.0 Å². The van der Waals surface area contributed by atoms with Crippen LogP contribution in [0.3, 0.4) is 0 Å². The van der Waals surface area contributed by atoms with Gasteiger partial charge >= 0.3 is 0 Å². The van der Waals surface area contributed by atoms with Crippen LogP contribution in [0.15, 0.2) is 29.2 Å². The fourth-order valence-electron chi connectivity index (χ4n) is 2.26. The first kappa shape index (κ1) is 18.6. The Hall–Kier alpha value is -1.69. The van der Waals surface area contributed by atoms with Crippen molar-refractivity contribution < 1.29 is 26.4 Å². The van der Waals surface area contributed by atoms with Crippen molar-refractivity contribution in [2.75, 3.05) is 43.4 Å². The van der Waals surface area contributed by atoms with Crippen LogP contribution in [0.5, 0.6) is 0 Å². The zero-order valence-electron chi connectivity index (χ0n) is 13.1. The summed E-state index contributed by atoms with van der Waals surface area (Å²) < 4.78 is 55.8. The van der Waals surface area contributed by atoms with E-state index in [9.17, 15) is 21.6 Å². The standard InChI is InChI=1S/C13H19N3O6S2/c1-23(18,19)16(10-13(14)17)11-2-4-12(5-3-11)24(20,21)15-6-8-22-9-7-15/h2-5H,6-10H2,1H3,(H2,14,17). The van der Waals surface area contributed by atoms with Crippen molar-refractivity contribution in [1.82, 2.24) is 4.31 Å². The molecule has 134 valence electrons. The molecule has 2 rings (SSSR count). The SMILES string of the molecule is CS(=O)(=O)N(CC(N)=O)c1ccc(S(=O)(=O)N2CCOCC2)cc1. The van der Waals surface area contributed by atoms with Crippen molar-refractivity contribution >= 4 is 31.6 Å². The lowest BCUT2D eigenvalue weighted by Gasteiger charge is -2.26. The van der Waals surface area contributed by atoms with E-state index in [1.807, 2.05) is 0 Å². The van der Waals surface area contributed by atoms with E-state index in [0.717, 1.165) is 10.6 Å². The topological polar surface area (TPSA) is 127 Å². The molecule has 24 heavy (non-hydrogen) atoms. The molecule has 1 aromatic rings. The molecule has 11 heteroatoms. The molecule has 0 aliphatic carbocycles. The summed E-state index contributed by atoms with van der Waals surface area (Å²) >= 11 is 0. The van der Waals surface area contributed by atoms with E-state index in [2.05, 4.69) is 0 Å². The predicted octanol–water partition coefficient (Wildman–Crippen LogP) is -1.04. The van der Waals surface area contributed by atoms with E-state index in [4.69, 9.17) is 10.5 Å². The second-order valence-corrected chi connectivity index (χ2v) is 9.09. The lowest BCUT2D eigenvalue weighted by Crippen LogP contribution is -2.40. The summed E-state index contributed by atoms with van der Waals surface area (Å²) in [6, 6.07) is 5.27. The molecule has 0 atom stereocenters. The van der Waals surface area contributed by atoms with Gasteiger partial charge in [0.15, 0.2) is 0 Å². The number of rotatable bonds is 6. The number of benzene rings is 1. The molecule has 0 saturated carbocycles. The van der Waals surface area contributed by atoms with E-state index in [1.54, 1.807) is 0 Å². The minimum Gasteiger partial charge on any atom is -0.379 e. The number of hydrogen-bond acceptors (Lipinski definition) is 6. The highest BCUT2D eigenvalue weighted by molar-refractivity contribution is 7.92. The van der Waals surface area contributed by atoms with Gasteiger partial charge in [-0.05, 0) is 24.3 Å². The van der Waals surface area contributed by atoms with Gasteiger partial charge in [0.05, 0.1) is 30.1 Å². The van der Waals surface area contributed by atoms with Crippen LogP contribution in [0.2, 0.25) is 0 Å². The molecule has 1 heterocycles. The number of anilines is 1. The Labute approximate surface area is 141 Å². The molecule has 2 N–H and O–H groups in total. The second-order valence-electron chi connectivity index (χ2n) is 5.25. The summed E-state index contributed by atoms with van der Waals surface area (Å²) in [6.07, 6.45) is 0.939. The summed E-state index contributed by atoms with van der Waals surface area (Å²) in [5.41, 5.74) is 5.23. The van der Waals surface area contributed by atoms with Crippen LogP contribution in [0.4, 0.5) is 5.69 Å². The summed E-state index contributed by atoms with van der Waals surface area (Å²) in [5, 5.41) is 0. The monoisotopic (exact) mass is 377 g/mol. The first-order valence-electron chi connectivity index (χ1n) is 7.06. The van der Waals surface area contributed by atoms with Gasteiger partial charge in [-0.1, -0.05) is 0 Å². The number of amides is 1. The van der Waals surface area contributed by atoms with Gasteiger partial charge in [0, 0.05) is 13.1 Å². The maximum Gasteiger partial charge on any atom is 0.243 e. The molecule has 1 saturated heterocycles. The Kier molecular flexibility index (Phi) is 5.48. The van der Waals surface area contributed by atoms with Crippen LogP contribution in [0.25, 0.3) is 0 Å². The van der Waals surface area contributed by atoms with Gasteiger partial charge in [-0.25, -0.2) is 16.8 Å². The number of sulfonamides is 2. The Bertz CT molecular complexity index is 799. The quantitative estimate of drug-likeness (QED) is 0.674. The van der Waals surface area contributed by atoms with E-state index in [-0.39, 0.29) is 23.7 Å². The molecule has 0 bridgehead atoms. The first-order valence-corrected chi connectivity index (χ1v) is 10.3. The maximum atomic E-state index is 12.5. The first-order chi connectivity index (χ1) is 11.1. The highest BCUT2D eigenvalue weighted by atomic mass is 32.2. The Balaban J connectivity index is 2.30. The zero-order chi connectivity index (χ0) is 18.0. The lowest BCUT2D eigenvalue weighted by atomic mass is 10.3. The molecule has 1 aliphatic heterocycles. The number of ether oxygens (including phenoxy) is 1. The Morgan fingerprint density at radius 2 is 1.71 bits per heavy atom. The molecule has 0 unspecified atom stereocenters. The van der Waals surface area contributed by atoms with Gasteiger partial charge in [-0.2, -0.15) is 4.31 Å². The fourth-order valence-corrected chi connectivity index (χ4v) is 4.54. The number of hydrogen-bond donors (Lipinski definition) is 1. The van der Waals surface area contributed by atoms with E-state index < -0.39 is 32.5 Å². The molecule has 1 aliphatic rings. The molecule has 1 aromatic carbocycles. The van der Waals surface area contributed by atoms with Crippen molar-refractivity contribution in [1.29, 1.82) is 0 Å². The van der Waals surface area contributed by atoms with Crippen molar-refractivity contribution in [3.05, 3.63) is 24.3 Å². The molecule has 1 amide bonds. The predicted molar refractivity (Wildman–Crippen MR) is 87.4 cm³/mol. The number of primary amides is 1. The summed E-state index contributed by atoms with van der Waals surface area (Å²) in [7, 11) is -7.40. The van der Waals surface area contributed by atoms with Gasteiger partial charge in [-0.3, -0.25) is 9.10 Å². The molecule has 1 fully saturated rings. The van der Waals surface area contributed by atoms with Crippen LogP contribution in [-0.2, 0) is 29.6 Å². The third-order valence-corrected chi connectivity index (χ3v) is 6.49. The lowest BCUT2D eigenvalue weighted by molar-refractivity contribution is -0.116. The number of morpholine rings is 1. The zero-order valence-corrected chi connectivity index (χ0v) is 14.7. The molecular weight excluding hydrogens is 358 g/mol.